The third-order valence-electron chi connectivity index (χ3n) is 3.03. The number of para-hydroxylation sites is 2. The van der Waals surface area contributed by atoms with Crippen LogP contribution >= 0.6 is 11.3 Å². The summed E-state index contributed by atoms with van der Waals surface area (Å²) in [7, 11) is 0. The van der Waals surface area contributed by atoms with Crippen LogP contribution in [0.2, 0.25) is 0 Å². The molecule has 0 bridgehead atoms. The van der Waals surface area contributed by atoms with E-state index in [9.17, 15) is 0 Å². The van der Waals surface area contributed by atoms with Gasteiger partial charge in [0.1, 0.15) is 5.52 Å². The standard InChI is InChI=1S/C14H14N2OS/c1-9-7-18-8-10(9)11(15)6-14-16-12-4-2-3-5-13(12)17-14/h2-5,7-8,11H,6,15H2,1H3. The largest absolute Gasteiger partial charge is 0.441 e. The van der Waals surface area contributed by atoms with Crippen LogP contribution in [0.25, 0.3) is 11.1 Å². The third-order valence-corrected chi connectivity index (χ3v) is 3.91. The number of oxazole rings is 1. The zero-order valence-electron chi connectivity index (χ0n) is 10.1. The van der Waals surface area contributed by atoms with Crippen molar-refractivity contribution in [2.75, 3.05) is 0 Å². The van der Waals surface area contributed by atoms with Crippen molar-refractivity contribution in [3.63, 3.8) is 0 Å². The smallest absolute Gasteiger partial charge is 0.197 e. The second-order valence-corrected chi connectivity index (χ2v) is 5.14. The number of aromatic nitrogens is 1. The Hall–Kier alpha value is -1.65. The Balaban J connectivity index is 1.86. The molecule has 18 heavy (non-hydrogen) atoms. The minimum Gasteiger partial charge on any atom is -0.441 e. The molecule has 0 aliphatic heterocycles. The van der Waals surface area contributed by atoms with Crippen LogP contribution in [-0.4, -0.2) is 4.98 Å². The highest BCUT2D eigenvalue weighted by Gasteiger charge is 2.14. The molecule has 0 aliphatic carbocycles. The van der Waals surface area contributed by atoms with E-state index in [0.29, 0.717) is 12.3 Å². The number of hydrogen-bond donors (Lipinski definition) is 1. The van der Waals surface area contributed by atoms with Crippen molar-refractivity contribution >= 4 is 22.4 Å². The topological polar surface area (TPSA) is 52.0 Å². The van der Waals surface area contributed by atoms with Gasteiger partial charge in [-0.1, -0.05) is 12.1 Å². The number of thiophene rings is 1. The van der Waals surface area contributed by atoms with Gasteiger partial charge in [0.05, 0.1) is 0 Å². The maximum absolute atomic E-state index is 6.20. The molecule has 3 nitrogen and oxygen atoms in total. The third kappa shape index (κ3) is 2.05. The molecule has 0 fully saturated rings. The van der Waals surface area contributed by atoms with E-state index in [0.717, 1.165) is 11.1 Å². The fourth-order valence-corrected chi connectivity index (χ4v) is 2.97. The first-order chi connectivity index (χ1) is 8.74. The summed E-state index contributed by atoms with van der Waals surface area (Å²) in [6, 6.07) is 7.72. The van der Waals surface area contributed by atoms with Gasteiger partial charge in [0.2, 0.25) is 0 Å². The molecule has 0 saturated carbocycles. The molecule has 3 rings (SSSR count). The van der Waals surface area contributed by atoms with Crippen molar-refractivity contribution in [3.05, 3.63) is 52.0 Å². The van der Waals surface area contributed by atoms with E-state index in [2.05, 4.69) is 22.7 Å². The van der Waals surface area contributed by atoms with Gasteiger partial charge >= 0.3 is 0 Å². The molecular formula is C14H14N2OS. The van der Waals surface area contributed by atoms with Crippen LogP contribution in [0.1, 0.15) is 23.1 Å². The van der Waals surface area contributed by atoms with Crippen LogP contribution in [0.4, 0.5) is 0 Å². The first-order valence-electron chi connectivity index (χ1n) is 5.87. The maximum atomic E-state index is 6.20. The van der Waals surface area contributed by atoms with Crippen molar-refractivity contribution in [3.8, 4) is 0 Å². The molecule has 3 aromatic rings. The lowest BCUT2D eigenvalue weighted by atomic mass is 10.0. The van der Waals surface area contributed by atoms with Crippen molar-refractivity contribution in [1.82, 2.24) is 4.98 Å². The van der Waals surface area contributed by atoms with Gasteiger partial charge in [0.25, 0.3) is 0 Å². The van der Waals surface area contributed by atoms with Gasteiger partial charge < -0.3 is 10.2 Å². The highest BCUT2D eigenvalue weighted by molar-refractivity contribution is 7.08. The van der Waals surface area contributed by atoms with E-state index < -0.39 is 0 Å². The van der Waals surface area contributed by atoms with Gasteiger partial charge in [0.15, 0.2) is 11.5 Å². The van der Waals surface area contributed by atoms with Crippen LogP contribution in [-0.2, 0) is 6.42 Å². The number of hydrogen-bond acceptors (Lipinski definition) is 4. The Labute approximate surface area is 109 Å². The van der Waals surface area contributed by atoms with E-state index in [1.165, 1.54) is 11.1 Å². The van der Waals surface area contributed by atoms with Crippen LogP contribution in [0.15, 0.2) is 39.4 Å². The van der Waals surface area contributed by atoms with Gasteiger partial charge in [0, 0.05) is 12.5 Å². The predicted octanol–water partition coefficient (Wildman–Crippen LogP) is 3.44. The maximum Gasteiger partial charge on any atom is 0.197 e. The molecule has 2 aromatic heterocycles. The molecule has 1 unspecified atom stereocenters. The Morgan fingerprint density at radius 2 is 2.17 bits per heavy atom. The van der Waals surface area contributed by atoms with Crippen molar-refractivity contribution in [2.24, 2.45) is 5.73 Å². The van der Waals surface area contributed by atoms with Gasteiger partial charge in [-0.3, -0.25) is 0 Å². The fraction of sp³-hybridized carbons (Fsp3) is 0.214. The SMILES string of the molecule is Cc1cscc1C(N)Cc1nc2ccccc2o1. The number of nitrogens with zero attached hydrogens (tertiary/aromatic N) is 1. The summed E-state index contributed by atoms with van der Waals surface area (Å²) >= 11 is 1.68. The lowest BCUT2D eigenvalue weighted by Gasteiger charge is -2.08. The fourth-order valence-electron chi connectivity index (χ4n) is 2.06. The zero-order chi connectivity index (χ0) is 12.5. The summed E-state index contributed by atoms with van der Waals surface area (Å²) in [5.41, 5.74) is 10.3. The number of nitrogens with two attached hydrogens (primary N) is 1. The minimum atomic E-state index is -0.0516. The van der Waals surface area contributed by atoms with E-state index >= 15 is 0 Å². The molecule has 0 saturated heterocycles. The number of aryl methyl sites for hydroxylation is 1. The number of benzene rings is 1. The normalized spacial score (nSPS) is 13.0. The molecular weight excluding hydrogens is 244 g/mol. The first kappa shape index (κ1) is 11.4. The summed E-state index contributed by atoms with van der Waals surface area (Å²) in [6.07, 6.45) is 0.631. The van der Waals surface area contributed by atoms with Crippen LogP contribution in [0.3, 0.4) is 0 Å². The zero-order valence-corrected chi connectivity index (χ0v) is 10.9. The monoisotopic (exact) mass is 258 g/mol. The summed E-state index contributed by atoms with van der Waals surface area (Å²) in [6.45, 7) is 2.08. The summed E-state index contributed by atoms with van der Waals surface area (Å²) in [5.74, 6) is 0.703. The average molecular weight is 258 g/mol. The Morgan fingerprint density at radius 1 is 1.33 bits per heavy atom. The van der Waals surface area contributed by atoms with Gasteiger partial charge in [-0.2, -0.15) is 11.3 Å². The van der Waals surface area contributed by atoms with E-state index in [1.54, 1.807) is 11.3 Å². The molecule has 2 heterocycles. The van der Waals surface area contributed by atoms with E-state index in [-0.39, 0.29) is 6.04 Å². The Morgan fingerprint density at radius 3 is 2.89 bits per heavy atom. The highest BCUT2D eigenvalue weighted by Crippen LogP contribution is 2.24. The summed E-state index contributed by atoms with van der Waals surface area (Å²) in [4.78, 5) is 4.45. The van der Waals surface area contributed by atoms with E-state index in [1.807, 2.05) is 24.3 Å². The Bertz CT molecular complexity index is 638. The molecule has 0 radical (unpaired) electrons. The van der Waals surface area contributed by atoms with Gasteiger partial charge in [-0.25, -0.2) is 4.98 Å². The first-order valence-corrected chi connectivity index (χ1v) is 6.81. The van der Waals surface area contributed by atoms with Crippen molar-refractivity contribution in [2.45, 2.75) is 19.4 Å². The lowest BCUT2D eigenvalue weighted by Crippen LogP contribution is -2.13. The van der Waals surface area contributed by atoms with Gasteiger partial charge in [-0.05, 0) is 40.9 Å². The quantitative estimate of drug-likeness (QED) is 0.783. The predicted molar refractivity (Wildman–Crippen MR) is 73.7 cm³/mol. The summed E-state index contributed by atoms with van der Waals surface area (Å²) < 4.78 is 5.69. The molecule has 2 N–H and O–H groups in total. The second kappa shape index (κ2) is 4.55. The Kier molecular flexibility index (Phi) is 2.89. The minimum absolute atomic E-state index is 0.0516. The van der Waals surface area contributed by atoms with Crippen molar-refractivity contribution in [1.29, 1.82) is 0 Å². The average Bonchev–Trinajstić information content (AvgIpc) is 2.94. The molecule has 1 aromatic carbocycles. The van der Waals surface area contributed by atoms with Gasteiger partial charge in [-0.15, -0.1) is 0 Å². The molecule has 1 atom stereocenters. The second-order valence-electron chi connectivity index (χ2n) is 4.40. The molecule has 92 valence electrons. The molecule has 0 aliphatic rings. The van der Waals surface area contributed by atoms with Crippen LogP contribution in [0.5, 0.6) is 0 Å². The molecule has 0 spiro atoms. The van der Waals surface area contributed by atoms with Crippen LogP contribution < -0.4 is 5.73 Å². The number of fused-ring (bicyclic) bond motifs is 1. The highest BCUT2D eigenvalue weighted by atomic mass is 32.1. The number of rotatable bonds is 3. The molecule has 0 amide bonds. The van der Waals surface area contributed by atoms with Crippen molar-refractivity contribution < 1.29 is 4.42 Å². The van der Waals surface area contributed by atoms with Crippen LogP contribution in [0, 0.1) is 6.92 Å². The molecule has 4 heteroatoms. The lowest BCUT2D eigenvalue weighted by molar-refractivity contribution is 0.502. The summed E-state index contributed by atoms with van der Waals surface area (Å²) in [5, 5.41) is 4.21. The van der Waals surface area contributed by atoms with E-state index in [4.69, 9.17) is 10.2 Å².